The van der Waals surface area contributed by atoms with Crippen LogP contribution in [-0.2, 0) is 0 Å². The van der Waals surface area contributed by atoms with E-state index >= 15 is 0 Å². The molecule has 40 heavy (non-hydrogen) atoms. The highest BCUT2D eigenvalue weighted by Crippen LogP contribution is 2.27. The molecule has 200 valence electrons. The second-order valence-electron chi connectivity index (χ2n) is 8.47. The Hall–Kier alpha value is -5.58. The van der Waals surface area contributed by atoms with Gasteiger partial charge in [0.1, 0.15) is 28.4 Å². The molecule has 0 fully saturated rings. The summed E-state index contributed by atoms with van der Waals surface area (Å²) in [4.78, 5) is 46.8. The molecule has 0 saturated heterocycles. The van der Waals surface area contributed by atoms with Gasteiger partial charge in [0.25, 0.3) is 17.4 Å². The van der Waals surface area contributed by atoms with Gasteiger partial charge in [0, 0.05) is 42.6 Å². The van der Waals surface area contributed by atoms with Gasteiger partial charge in [-0.3, -0.25) is 23.9 Å². The number of hydrogen-bond donors (Lipinski definition) is 2. The zero-order valence-electron chi connectivity index (χ0n) is 21.3. The lowest BCUT2D eigenvalue weighted by Gasteiger charge is -2.13. The van der Waals surface area contributed by atoms with Crippen molar-refractivity contribution in [3.8, 4) is 22.9 Å². The number of nitrogens with one attached hydrogen (secondary N) is 2. The summed E-state index contributed by atoms with van der Waals surface area (Å²) in [7, 11) is 3.00. The average molecular weight is 540 g/mol. The second-order valence-corrected chi connectivity index (χ2v) is 8.47. The Bertz CT molecular complexity index is 1800. The predicted octanol–water partition coefficient (Wildman–Crippen LogP) is 4.33. The number of hydrogen-bond acceptors (Lipinski definition) is 7. The maximum absolute atomic E-state index is 14.9. The molecule has 2 aromatic carbocycles. The molecule has 0 bridgehead atoms. The molecule has 2 N–H and O–H groups in total. The van der Waals surface area contributed by atoms with Gasteiger partial charge >= 0.3 is 0 Å². The van der Waals surface area contributed by atoms with Gasteiger partial charge < -0.3 is 20.1 Å². The third-order valence-corrected chi connectivity index (χ3v) is 5.95. The number of methoxy groups -OCH3 is 1. The quantitative estimate of drug-likeness (QED) is 0.315. The monoisotopic (exact) mass is 539 g/mol. The first-order valence-corrected chi connectivity index (χ1v) is 12.0. The fourth-order valence-electron chi connectivity index (χ4n) is 3.99. The van der Waals surface area contributed by atoms with Crippen molar-refractivity contribution in [1.29, 1.82) is 0 Å². The summed E-state index contributed by atoms with van der Waals surface area (Å²) < 4.78 is 27.0. The number of benzene rings is 2. The highest BCUT2D eigenvalue weighted by molar-refractivity contribution is 6.05. The van der Waals surface area contributed by atoms with Crippen LogP contribution in [0.25, 0.3) is 16.7 Å². The van der Waals surface area contributed by atoms with Gasteiger partial charge in [-0.1, -0.05) is 0 Å². The van der Waals surface area contributed by atoms with E-state index in [4.69, 9.17) is 9.47 Å². The number of nitrogens with zero attached hydrogens (tertiary/aromatic N) is 3. The maximum Gasteiger partial charge on any atom is 0.269 e. The Kier molecular flexibility index (Phi) is 7.18. The first-order valence-electron chi connectivity index (χ1n) is 12.0. The van der Waals surface area contributed by atoms with Crippen LogP contribution in [0.1, 0.15) is 20.8 Å². The summed E-state index contributed by atoms with van der Waals surface area (Å²) >= 11 is 0. The number of aromatic nitrogens is 3. The van der Waals surface area contributed by atoms with Crippen molar-refractivity contribution in [3.63, 3.8) is 0 Å². The van der Waals surface area contributed by atoms with Crippen LogP contribution in [0.4, 0.5) is 10.1 Å². The zero-order chi connectivity index (χ0) is 28.2. The van der Waals surface area contributed by atoms with Crippen molar-refractivity contribution in [2.45, 2.75) is 0 Å². The van der Waals surface area contributed by atoms with E-state index in [0.717, 1.165) is 6.07 Å². The van der Waals surface area contributed by atoms with E-state index in [1.54, 1.807) is 42.6 Å². The molecule has 0 aliphatic heterocycles. The highest BCUT2D eigenvalue weighted by atomic mass is 19.1. The molecule has 3 heterocycles. The summed E-state index contributed by atoms with van der Waals surface area (Å²) in [5.74, 6) is -1.24. The van der Waals surface area contributed by atoms with E-state index in [0.29, 0.717) is 22.5 Å². The maximum atomic E-state index is 14.9. The Labute approximate surface area is 227 Å². The normalized spacial score (nSPS) is 10.7. The van der Waals surface area contributed by atoms with Gasteiger partial charge in [-0.05, 0) is 60.7 Å². The molecule has 0 aliphatic carbocycles. The molecule has 0 saturated carbocycles. The molecule has 10 nitrogen and oxygen atoms in total. The molecule has 3 aromatic heterocycles. The molecule has 0 aliphatic rings. The average Bonchev–Trinajstić information content (AvgIpc) is 2.98. The van der Waals surface area contributed by atoms with Gasteiger partial charge in [0.15, 0.2) is 11.6 Å². The van der Waals surface area contributed by atoms with Crippen LogP contribution in [0.2, 0.25) is 0 Å². The minimum absolute atomic E-state index is 0.107. The van der Waals surface area contributed by atoms with E-state index in [1.807, 2.05) is 0 Å². The number of pyridine rings is 3. The Morgan fingerprint density at radius 1 is 0.900 bits per heavy atom. The van der Waals surface area contributed by atoms with Gasteiger partial charge in [-0.2, -0.15) is 0 Å². The Morgan fingerprint density at radius 2 is 1.70 bits per heavy atom. The lowest BCUT2D eigenvalue weighted by molar-refractivity contribution is 0.0957. The molecule has 0 radical (unpaired) electrons. The van der Waals surface area contributed by atoms with Crippen molar-refractivity contribution in [3.05, 3.63) is 113 Å². The van der Waals surface area contributed by atoms with Crippen molar-refractivity contribution in [2.24, 2.45) is 0 Å². The van der Waals surface area contributed by atoms with Crippen LogP contribution in [0, 0.1) is 5.82 Å². The van der Waals surface area contributed by atoms with Crippen molar-refractivity contribution in [2.75, 3.05) is 19.5 Å². The number of fused-ring (bicyclic) bond motifs is 1. The number of anilines is 1. The molecule has 5 rings (SSSR count). The van der Waals surface area contributed by atoms with Crippen LogP contribution in [0.5, 0.6) is 17.2 Å². The second kappa shape index (κ2) is 11.0. The SMILES string of the molecule is CNC(=O)c1cc(Oc2ccc(NC(=O)c3cc4cccnc4n(-c4ccc(OC)cc4)c3=O)cc2F)ccn1. The zero-order valence-corrected chi connectivity index (χ0v) is 21.3. The largest absolute Gasteiger partial charge is 0.497 e. The van der Waals surface area contributed by atoms with E-state index in [-0.39, 0.29) is 28.4 Å². The van der Waals surface area contributed by atoms with Crippen molar-refractivity contribution >= 4 is 28.5 Å². The van der Waals surface area contributed by atoms with Crippen molar-refractivity contribution < 1.29 is 23.5 Å². The summed E-state index contributed by atoms with van der Waals surface area (Å²) in [6, 6.07) is 18.3. The molecule has 0 unspecified atom stereocenters. The molecule has 2 amide bonds. The molecular weight excluding hydrogens is 517 g/mol. The topological polar surface area (TPSA) is 124 Å². The third-order valence-electron chi connectivity index (χ3n) is 5.95. The first-order chi connectivity index (χ1) is 19.4. The fraction of sp³-hybridized carbons (Fsp3) is 0.0690. The van der Waals surface area contributed by atoms with Crippen LogP contribution < -0.4 is 25.7 Å². The number of ether oxygens (including phenoxy) is 2. The van der Waals surface area contributed by atoms with Gasteiger partial charge in [0.2, 0.25) is 0 Å². The third kappa shape index (κ3) is 5.20. The Morgan fingerprint density at radius 3 is 2.42 bits per heavy atom. The van der Waals surface area contributed by atoms with Gasteiger partial charge in [-0.15, -0.1) is 0 Å². The lowest BCUT2D eigenvalue weighted by atomic mass is 10.1. The van der Waals surface area contributed by atoms with E-state index in [2.05, 4.69) is 20.6 Å². The fourth-order valence-corrected chi connectivity index (χ4v) is 3.99. The van der Waals surface area contributed by atoms with Crippen LogP contribution in [-0.4, -0.2) is 40.5 Å². The number of carbonyl (C=O) groups excluding carboxylic acids is 2. The van der Waals surface area contributed by atoms with Gasteiger partial charge in [0.05, 0.1) is 12.8 Å². The van der Waals surface area contributed by atoms with Crippen LogP contribution in [0.3, 0.4) is 0 Å². The molecule has 5 aromatic rings. The van der Waals surface area contributed by atoms with E-state index in [9.17, 15) is 18.8 Å². The lowest BCUT2D eigenvalue weighted by Crippen LogP contribution is -2.29. The van der Waals surface area contributed by atoms with E-state index < -0.39 is 23.2 Å². The number of halogens is 1. The van der Waals surface area contributed by atoms with Crippen LogP contribution >= 0.6 is 0 Å². The Balaban J connectivity index is 1.43. The number of amides is 2. The smallest absolute Gasteiger partial charge is 0.269 e. The van der Waals surface area contributed by atoms with E-state index in [1.165, 1.54) is 55.3 Å². The van der Waals surface area contributed by atoms with Gasteiger partial charge in [-0.25, -0.2) is 9.37 Å². The molecule has 0 atom stereocenters. The standard InChI is InChI=1S/C29H22FN5O5/c1-31-28(37)24-16-21(11-13-32-24)40-25-10-5-18(15-23(25)30)34-27(36)22-14-17-4-3-12-33-26(17)35(29(22)38)19-6-8-20(39-2)9-7-19/h3-16H,1-2H3,(H,31,37)(H,34,36). The van der Waals surface area contributed by atoms with Crippen LogP contribution in [0.15, 0.2) is 90.0 Å². The highest BCUT2D eigenvalue weighted by Gasteiger charge is 2.19. The summed E-state index contributed by atoms with van der Waals surface area (Å²) in [6.45, 7) is 0. The summed E-state index contributed by atoms with van der Waals surface area (Å²) in [6.07, 6.45) is 2.92. The number of carbonyl (C=O) groups is 2. The summed E-state index contributed by atoms with van der Waals surface area (Å²) in [5.41, 5.74) is 0.326. The molecule has 0 spiro atoms. The predicted molar refractivity (Wildman–Crippen MR) is 146 cm³/mol. The van der Waals surface area contributed by atoms with Crippen molar-refractivity contribution in [1.82, 2.24) is 19.9 Å². The molecular formula is C29H22FN5O5. The summed E-state index contributed by atoms with van der Waals surface area (Å²) in [5, 5.41) is 5.58. The minimum atomic E-state index is -0.769. The molecule has 11 heteroatoms. The minimum Gasteiger partial charge on any atom is -0.497 e. The first kappa shape index (κ1) is 26.0. The number of rotatable bonds is 7.